The zero-order valence-corrected chi connectivity index (χ0v) is 14.1. The first-order chi connectivity index (χ1) is 11.4. The number of aromatic amines is 1. The van der Waals surface area contributed by atoms with Crippen LogP contribution in [0.25, 0.3) is 5.65 Å². The fourth-order valence-corrected chi connectivity index (χ4v) is 2.68. The molecule has 3 aromatic heterocycles. The van der Waals surface area contributed by atoms with Crippen LogP contribution in [0.3, 0.4) is 0 Å². The van der Waals surface area contributed by atoms with E-state index in [0.29, 0.717) is 17.0 Å². The topological polar surface area (TPSA) is 97.1 Å². The molecule has 24 heavy (non-hydrogen) atoms. The largest absolute Gasteiger partial charge is 0.342 e. The van der Waals surface area contributed by atoms with Gasteiger partial charge in [0.1, 0.15) is 5.69 Å². The molecule has 0 aromatic carbocycles. The zero-order valence-electron chi connectivity index (χ0n) is 14.1. The molecule has 3 heterocycles. The van der Waals surface area contributed by atoms with Crippen LogP contribution in [-0.2, 0) is 7.05 Å². The van der Waals surface area contributed by atoms with E-state index < -0.39 is 0 Å². The van der Waals surface area contributed by atoms with Crippen molar-refractivity contribution in [3.8, 4) is 0 Å². The van der Waals surface area contributed by atoms with Crippen LogP contribution >= 0.6 is 0 Å². The summed E-state index contributed by atoms with van der Waals surface area (Å²) in [7, 11) is 1.71. The number of H-pyrrole nitrogens is 1. The molecule has 0 spiro atoms. The van der Waals surface area contributed by atoms with Gasteiger partial charge in [-0.05, 0) is 18.9 Å². The SMILES string of the molecule is Cc1cc2nc([C@@H](NC(=O)c3ccnn3C)C(C)C)cc(=O)n2[nH]1. The Balaban J connectivity index is 1.98. The summed E-state index contributed by atoms with van der Waals surface area (Å²) in [5.41, 5.74) is 2.18. The fraction of sp³-hybridized carbons (Fsp3) is 0.375. The Hall–Kier alpha value is -2.90. The third kappa shape index (κ3) is 2.82. The van der Waals surface area contributed by atoms with Gasteiger partial charge in [-0.15, -0.1) is 0 Å². The van der Waals surface area contributed by atoms with Crippen molar-refractivity contribution < 1.29 is 4.79 Å². The smallest absolute Gasteiger partial charge is 0.272 e. The molecule has 0 saturated carbocycles. The lowest BCUT2D eigenvalue weighted by atomic mass is 10.0. The molecule has 8 heteroatoms. The fourth-order valence-electron chi connectivity index (χ4n) is 2.68. The molecule has 8 nitrogen and oxygen atoms in total. The van der Waals surface area contributed by atoms with Gasteiger partial charge in [0.25, 0.3) is 11.5 Å². The van der Waals surface area contributed by atoms with Gasteiger partial charge in [-0.2, -0.15) is 5.10 Å². The van der Waals surface area contributed by atoms with E-state index in [9.17, 15) is 9.59 Å². The molecule has 0 aliphatic rings. The summed E-state index contributed by atoms with van der Waals surface area (Å²) in [5, 5.41) is 9.89. The number of hydrogen-bond donors (Lipinski definition) is 2. The minimum absolute atomic E-state index is 0.0663. The highest BCUT2D eigenvalue weighted by Crippen LogP contribution is 2.20. The lowest BCUT2D eigenvalue weighted by Gasteiger charge is -2.21. The molecule has 0 bridgehead atoms. The maximum Gasteiger partial charge on any atom is 0.272 e. The van der Waals surface area contributed by atoms with Crippen LogP contribution in [0.5, 0.6) is 0 Å². The number of carbonyl (C=O) groups excluding carboxylic acids is 1. The summed E-state index contributed by atoms with van der Waals surface area (Å²) in [6, 6.07) is 4.52. The quantitative estimate of drug-likeness (QED) is 0.752. The summed E-state index contributed by atoms with van der Waals surface area (Å²) in [4.78, 5) is 29.3. The van der Waals surface area contributed by atoms with Gasteiger partial charge in [0, 0.05) is 31.1 Å². The van der Waals surface area contributed by atoms with E-state index in [-0.39, 0.29) is 23.4 Å². The molecule has 0 aliphatic carbocycles. The van der Waals surface area contributed by atoms with Crippen LogP contribution in [-0.4, -0.2) is 30.3 Å². The highest BCUT2D eigenvalue weighted by atomic mass is 16.2. The molecule has 0 fully saturated rings. The van der Waals surface area contributed by atoms with E-state index in [0.717, 1.165) is 5.69 Å². The number of nitrogens with one attached hydrogen (secondary N) is 2. The molecular weight excluding hydrogens is 308 g/mol. The molecule has 3 aromatic rings. The van der Waals surface area contributed by atoms with Crippen LogP contribution in [0.2, 0.25) is 0 Å². The Bertz CT molecular complexity index is 949. The maximum absolute atomic E-state index is 12.5. The normalized spacial score (nSPS) is 12.7. The molecule has 0 unspecified atom stereocenters. The van der Waals surface area contributed by atoms with Crippen molar-refractivity contribution in [3.05, 3.63) is 51.8 Å². The third-order valence-corrected chi connectivity index (χ3v) is 3.92. The van der Waals surface area contributed by atoms with E-state index in [1.165, 1.54) is 15.3 Å². The van der Waals surface area contributed by atoms with Crippen LogP contribution in [0.1, 0.15) is 41.8 Å². The van der Waals surface area contributed by atoms with Gasteiger partial charge in [-0.1, -0.05) is 13.8 Å². The Kier molecular flexibility index (Phi) is 3.96. The van der Waals surface area contributed by atoms with Crippen molar-refractivity contribution in [1.29, 1.82) is 0 Å². The standard InChI is InChI=1S/C16H20N6O2/c1-9(2)15(19-16(24)12-5-6-17-21(12)4)11-8-14(23)22-13(18-11)7-10(3)20-22/h5-9,15,20H,1-4H3,(H,19,24)/t15-/m0/s1. The number of fused-ring (bicyclic) bond motifs is 1. The van der Waals surface area contributed by atoms with Gasteiger partial charge >= 0.3 is 0 Å². The van der Waals surface area contributed by atoms with E-state index in [2.05, 4.69) is 20.5 Å². The van der Waals surface area contributed by atoms with Crippen LogP contribution in [0, 0.1) is 12.8 Å². The summed E-state index contributed by atoms with van der Waals surface area (Å²) in [6.07, 6.45) is 1.57. The van der Waals surface area contributed by atoms with Crippen LogP contribution in [0.15, 0.2) is 29.2 Å². The van der Waals surface area contributed by atoms with Crippen LogP contribution in [0.4, 0.5) is 0 Å². The molecule has 0 saturated heterocycles. The first-order valence-electron chi connectivity index (χ1n) is 7.75. The lowest BCUT2D eigenvalue weighted by molar-refractivity contribution is 0.0914. The van der Waals surface area contributed by atoms with E-state index in [1.54, 1.807) is 25.4 Å². The average Bonchev–Trinajstić information content (AvgIpc) is 3.09. The molecule has 2 N–H and O–H groups in total. The number of aromatic nitrogens is 5. The highest BCUT2D eigenvalue weighted by Gasteiger charge is 2.23. The molecule has 0 radical (unpaired) electrons. The van der Waals surface area contributed by atoms with Gasteiger partial charge in [-0.3, -0.25) is 19.4 Å². The van der Waals surface area contributed by atoms with Crippen molar-refractivity contribution in [1.82, 2.24) is 29.7 Å². The number of rotatable bonds is 4. The number of nitrogens with zero attached hydrogens (tertiary/aromatic N) is 4. The zero-order chi connectivity index (χ0) is 17.4. The molecule has 3 rings (SSSR count). The second-order valence-corrected chi connectivity index (χ2v) is 6.19. The predicted molar refractivity (Wildman–Crippen MR) is 88.8 cm³/mol. The minimum Gasteiger partial charge on any atom is -0.342 e. The molecule has 1 amide bonds. The number of aryl methyl sites for hydroxylation is 2. The Labute approximate surface area is 138 Å². The Morgan fingerprint density at radius 1 is 1.33 bits per heavy atom. The van der Waals surface area contributed by atoms with Crippen molar-refractivity contribution in [3.63, 3.8) is 0 Å². The molecule has 1 atom stereocenters. The Morgan fingerprint density at radius 2 is 2.08 bits per heavy atom. The first-order valence-corrected chi connectivity index (χ1v) is 7.75. The van der Waals surface area contributed by atoms with Gasteiger partial charge in [0.05, 0.1) is 11.7 Å². The van der Waals surface area contributed by atoms with E-state index in [1.807, 2.05) is 20.8 Å². The summed E-state index contributed by atoms with van der Waals surface area (Å²) in [6.45, 7) is 5.80. The summed E-state index contributed by atoms with van der Waals surface area (Å²) >= 11 is 0. The number of carbonyl (C=O) groups is 1. The monoisotopic (exact) mass is 328 g/mol. The second-order valence-electron chi connectivity index (χ2n) is 6.19. The van der Waals surface area contributed by atoms with Crippen molar-refractivity contribution in [2.24, 2.45) is 13.0 Å². The van der Waals surface area contributed by atoms with Crippen molar-refractivity contribution in [2.75, 3.05) is 0 Å². The number of hydrogen-bond acceptors (Lipinski definition) is 4. The molecule has 0 aliphatic heterocycles. The van der Waals surface area contributed by atoms with E-state index >= 15 is 0 Å². The van der Waals surface area contributed by atoms with Crippen molar-refractivity contribution in [2.45, 2.75) is 26.8 Å². The third-order valence-electron chi connectivity index (χ3n) is 3.92. The van der Waals surface area contributed by atoms with Gasteiger partial charge in [-0.25, -0.2) is 9.50 Å². The molecular formula is C16H20N6O2. The summed E-state index contributed by atoms with van der Waals surface area (Å²) < 4.78 is 2.90. The predicted octanol–water partition coefficient (Wildman–Crippen LogP) is 1.19. The minimum atomic E-state index is -0.375. The molecule has 126 valence electrons. The first kappa shape index (κ1) is 16.0. The highest BCUT2D eigenvalue weighted by molar-refractivity contribution is 5.92. The Morgan fingerprint density at radius 3 is 2.71 bits per heavy atom. The van der Waals surface area contributed by atoms with E-state index in [4.69, 9.17) is 0 Å². The number of amides is 1. The average molecular weight is 328 g/mol. The maximum atomic E-state index is 12.5. The lowest BCUT2D eigenvalue weighted by Crippen LogP contribution is -2.34. The van der Waals surface area contributed by atoms with Gasteiger partial charge in [0.2, 0.25) is 0 Å². The van der Waals surface area contributed by atoms with Gasteiger partial charge in [0.15, 0.2) is 5.65 Å². The second kappa shape index (κ2) is 5.95. The van der Waals surface area contributed by atoms with Gasteiger partial charge < -0.3 is 5.32 Å². The van der Waals surface area contributed by atoms with Crippen molar-refractivity contribution >= 4 is 11.6 Å². The summed E-state index contributed by atoms with van der Waals surface area (Å²) in [5.74, 6) is -0.183. The van der Waals surface area contributed by atoms with Crippen LogP contribution < -0.4 is 10.9 Å².